The molecule has 0 unspecified atom stereocenters. The molecule has 96 valence electrons. The molecule has 3 N–H and O–H groups in total. The van der Waals surface area contributed by atoms with E-state index in [1.165, 1.54) is 0 Å². The second kappa shape index (κ2) is 5.05. The molecule has 0 aliphatic carbocycles. The number of furan rings is 1. The zero-order chi connectivity index (χ0) is 13.1. The Kier molecular flexibility index (Phi) is 3.47. The van der Waals surface area contributed by atoms with Gasteiger partial charge in [0.05, 0.1) is 6.54 Å². The third kappa shape index (κ3) is 2.28. The summed E-state index contributed by atoms with van der Waals surface area (Å²) in [5.41, 5.74) is 3.00. The van der Waals surface area contributed by atoms with Gasteiger partial charge in [-0.3, -0.25) is 10.2 Å². The van der Waals surface area contributed by atoms with Gasteiger partial charge in [-0.1, -0.05) is 6.92 Å². The molecule has 0 spiro atoms. The molecule has 0 saturated heterocycles. The smallest absolute Gasteiger partial charge is 0.300 e. The largest absolute Gasteiger partial charge is 0.456 e. The van der Waals surface area contributed by atoms with Crippen LogP contribution >= 0.6 is 0 Å². The maximum absolute atomic E-state index is 11.4. The fourth-order valence-electron chi connectivity index (χ4n) is 1.84. The van der Waals surface area contributed by atoms with E-state index >= 15 is 0 Å². The van der Waals surface area contributed by atoms with E-state index in [1.54, 1.807) is 12.3 Å². The zero-order valence-electron chi connectivity index (χ0n) is 10.4. The van der Waals surface area contributed by atoms with E-state index in [2.05, 4.69) is 10.4 Å². The monoisotopic (exact) mass is 248 g/mol. The number of nitrogens with zero attached hydrogens (tertiary/aromatic N) is 2. The summed E-state index contributed by atoms with van der Waals surface area (Å²) in [6, 6.07) is 1.71. The van der Waals surface area contributed by atoms with Gasteiger partial charge in [-0.15, -0.1) is 0 Å². The molecule has 0 atom stereocenters. The third-order valence-electron chi connectivity index (χ3n) is 2.83. The molecule has 2 rings (SSSR count). The molecule has 2 heterocycles. The number of nitrogens with one attached hydrogen (secondary N) is 1. The van der Waals surface area contributed by atoms with Crippen molar-refractivity contribution in [3.8, 4) is 0 Å². The van der Waals surface area contributed by atoms with Crippen LogP contribution in [0.4, 0.5) is 0 Å². The highest BCUT2D eigenvalue weighted by Crippen LogP contribution is 2.16. The van der Waals surface area contributed by atoms with Crippen molar-refractivity contribution in [1.29, 1.82) is 0 Å². The number of imidazole rings is 1. The van der Waals surface area contributed by atoms with Crippen LogP contribution in [0.5, 0.6) is 0 Å². The number of hydrogen-bond acceptors (Lipinski definition) is 4. The Bertz CT molecular complexity index is 556. The minimum absolute atomic E-state index is 0.225. The normalized spacial score (nSPS) is 10.6. The standard InChI is InChI=1S/C12H16N4O2/c1-3-11-14-4-5-16(11)7-9-6-10(12(17)15-13)18-8(9)2/h4-6H,3,7,13H2,1-2H3,(H,15,17). The van der Waals surface area contributed by atoms with E-state index in [-0.39, 0.29) is 5.76 Å². The fourth-order valence-corrected chi connectivity index (χ4v) is 1.84. The van der Waals surface area contributed by atoms with Crippen molar-refractivity contribution in [2.75, 3.05) is 0 Å². The summed E-state index contributed by atoms with van der Waals surface area (Å²) in [5.74, 6) is 6.58. The summed E-state index contributed by atoms with van der Waals surface area (Å²) >= 11 is 0. The molecule has 2 aromatic rings. The number of nitrogens with two attached hydrogens (primary N) is 1. The molecule has 2 aromatic heterocycles. The SMILES string of the molecule is CCc1nccn1Cc1cc(C(=O)NN)oc1C. The van der Waals surface area contributed by atoms with E-state index in [0.29, 0.717) is 12.3 Å². The van der Waals surface area contributed by atoms with Gasteiger partial charge in [-0.05, 0) is 13.0 Å². The van der Waals surface area contributed by atoms with Crippen molar-refractivity contribution in [1.82, 2.24) is 15.0 Å². The Labute approximate surface area is 105 Å². The molecule has 0 aromatic carbocycles. The number of rotatable bonds is 4. The van der Waals surface area contributed by atoms with Crippen LogP contribution in [0.3, 0.4) is 0 Å². The molecule has 18 heavy (non-hydrogen) atoms. The van der Waals surface area contributed by atoms with Gasteiger partial charge >= 0.3 is 5.91 Å². The van der Waals surface area contributed by atoms with E-state index < -0.39 is 5.91 Å². The summed E-state index contributed by atoms with van der Waals surface area (Å²) in [7, 11) is 0. The first kappa shape index (κ1) is 12.4. The molecule has 0 fully saturated rings. The van der Waals surface area contributed by atoms with Crippen molar-refractivity contribution in [3.05, 3.63) is 41.4 Å². The van der Waals surface area contributed by atoms with Gasteiger partial charge in [-0.25, -0.2) is 10.8 Å². The molecule has 0 radical (unpaired) electrons. The van der Waals surface area contributed by atoms with Crippen LogP contribution in [0.15, 0.2) is 22.9 Å². The second-order valence-corrected chi connectivity index (χ2v) is 3.99. The first-order valence-electron chi connectivity index (χ1n) is 5.76. The van der Waals surface area contributed by atoms with Crippen molar-refractivity contribution in [3.63, 3.8) is 0 Å². The maximum Gasteiger partial charge on any atom is 0.300 e. The fraction of sp³-hybridized carbons (Fsp3) is 0.333. The highest BCUT2D eigenvalue weighted by Gasteiger charge is 2.14. The van der Waals surface area contributed by atoms with E-state index in [4.69, 9.17) is 10.3 Å². The highest BCUT2D eigenvalue weighted by molar-refractivity contribution is 5.91. The van der Waals surface area contributed by atoms with Crippen LogP contribution in [-0.2, 0) is 13.0 Å². The van der Waals surface area contributed by atoms with Crippen LogP contribution in [0.2, 0.25) is 0 Å². The van der Waals surface area contributed by atoms with Gasteiger partial charge < -0.3 is 8.98 Å². The van der Waals surface area contributed by atoms with Gasteiger partial charge in [-0.2, -0.15) is 0 Å². The van der Waals surface area contributed by atoms with Crippen LogP contribution in [0, 0.1) is 6.92 Å². The van der Waals surface area contributed by atoms with Crippen LogP contribution in [-0.4, -0.2) is 15.5 Å². The Balaban J connectivity index is 2.24. The second-order valence-electron chi connectivity index (χ2n) is 3.99. The molecule has 6 heteroatoms. The van der Waals surface area contributed by atoms with Gasteiger partial charge in [0.25, 0.3) is 0 Å². The maximum atomic E-state index is 11.4. The average Bonchev–Trinajstić information content (AvgIpc) is 2.96. The van der Waals surface area contributed by atoms with E-state index in [9.17, 15) is 4.79 Å². The Morgan fingerprint density at radius 1 is 1.61 bits per heavy atom. The van der Waals surface area contributed by atoms with Gasteiger partial charge in [0, 0.05) is 24.4 Å². The number of hydrazine groups is 1. The molecular weight excluding hydrogens is 232 g/mol. The quantitative estimate of drug-likeness (QED) is 0.480. The lowest BCUT2D eigenvalue weighted by Gasteiger charge is -2.04. The predicted octanol–water partition coefficient (Wildman–Crippen LogP) is 0.999. The van der Waals surface area contributed by atoms with E-state index in [1.807, 2.05) is 24.6 Å². The number of aromatic nitrogens is 2. The average molecular weight is 248 g/mol. The summed E-state index contributed by atoms with van der Waals surface area (Å²) in [6.07, 6.45) is 4.54. The van der Waals surface area contributed by atoms with Crippen LogP contribution in [0.1, 0.15) is 34.6 Å². The minimum Gasteiger partial charge on any atom is -0.456 e. The number of nitrogen functional groups attached to an aromatic ring is 1. The van der Waals surface area contributed by atoms with Gasteiger partial charge in [0.1, 0.15) is 11.6 Å². The lowest BCUT2D eigenvalue weighted by molar-refractivity contribution is 0.0924. The number of carbonyl (C=O) groups excluding carboxylic acids is 1. The van der Waals surface area contributed by atoms with Gasteiger partial charge in [0.2, 0.25) is 0 Å². The first-order valence-corrected chi connectivity index (χ1v) is 5.76. The van der Waals surface area contributed by atoms with Crippen molar-refractivity contribution < 1.29 is 9.21 Å². The first-order chi connectivity index (χ1) is 8.65. The molecule has 0 bridgehead atoms. The minimum atomic E-state index is -0.425. The third-order valence-corrected chi connectivity index (χ3v) is 2.83. The number of hydrogen-bond donors (Lipinski definition) is 2. The number of amides is 1. The van der Waals surface area contributed by atoms with Crippen LogP contribution < -0.4 is 11.3 Å². The Hall–Kier alpha value is -2.08. The number of aryl methyl sites for hydroxylation is 2. The molecule has 0 aliphatic rings. The Morgan fingerprint density at radius 3 is 3.06 bits per heavy atom. The molecule has 6 nitrogen and oxygen atoms in total. The van der Waals surface area contributed by atoms with Crippen molar-refractivity contribution in [2.24, 2.45) is 5.84 Å². The summed E-state index contributed by atoms with van der Waals surface area (Å²) in [6.45, 7) is 4.51. The Morgan fingerprint density at radius 2 is 2.39 bits per heavy atom. The molecule has 0 saturated carbocycles. The highest BCUT2D eigenvalue weighted by atomic mass is 16.4. The van der Waals surface area contributed by atoms with Gasteiger partial charge in [0.15, 0.2) is 5.76 Å². The van der Waals surface area contributed by atoms with Crippen molar-refractivity contribution in [2.45, 2.75) is 26.8 Å². The van der Waals surface area contributed by atoms with Crippen LogP contribution in [0.25, 0.3) is 0 Å². The predicted molar refractivity (Wildman–Crippen MR) is 65.8 cm³/mol. The summed E-state index contributed by atoms with van der Waals surface area (Å²) in [5, 5.41) is 0. The topological polar surface area (TPSA) is 86.1 Å². The lowest BCUT2D eigenvalue weighted by Crippen LogP contribution is -2.29. The van der Waals surface area contributed by atoms with E-state index in [0.717, 1.165) is 17.8 Å². The summed E-state index contributed by atoms with van der Waals surface area (Å²) in [4.78, 5) is 15.6. The zero-order valence-corrected chi connectivity index (χ0v) is 10.4. The lowest BCUT2D eigenvalue weighted by atomic mass is 10.2. The van der Waals surface area contributed by atoms with Crippen molar-refractivity contribution >= 4 is 5.91 Å². The molecular formula is C12H16N4O2. The molecule has 0 aliphatic heterocycles. The summed E-state index contributed by atoms with van der Waals surface area (Å²) < 4.78 is 7.39. The number of carbonyl (C=O) groups is 1. The molecule has 1 amide bonds.